The molecule has 0 unspecified atom stereocenters. The van der Waals surface area contributed by atoms with Crippen molar-refractivity contribution in [2.24, 2.45) is 16.8 Å². The number of halogens is 2. The highest BCUT2D eigenvalue weighted by Gasteiger charge is 2.43. The lowest BCUT2D eigenvalue weighted by atomic mass is 9.82. The summed E-state index contributed by atoms with van der Waals surface area (Å²) in [5, 5.41) is 0.303. The van der Waals surface area contributed by atoms with E-state index in [-0.39, 0.29) is 27.1 Å². The average molecular weight is 1220 g/mol. The van der Waals surface area contributed by atoms with Gasteiger partial charge in [0.05, 0.1) is 29.5 Å². The molecular weight excluding hydrogens is 1140 g/mol. The zero-order chi connectivity index (χ0) is 50.5. The van der Waals surface area contributed by atoms with Crippen molar-refractivity contribution in [2.75, 3.05) is 0 Å². The summed E-state index contributed by atoms with van der Waals surface area (Å²) in [4.78, 5) is 8.33. The Bertz CT molecular complexity index is 2320. The lowest BCUT2D eigenvalue weighted by Crippen LogP contribution is -2.46. The number of aliphatic imine (C=N–C) groups is 1. The molecule has 0 N–H and O–H groups in total. The first-order valence-corrected chi connectivity index (χ1v) is 34.9. The van der Waals surface area contributed by atoms with Gasteiger partial charge in [0.25, 0.3) is 10.1 Å². The summed E-state index contributed by atoms with van der Waals surface area (Å²) in [5.41, 5.74) is 3.30. The second-order valence-electron chi connectivity index (χ2n) is 22.5. The van der Waals surface area contributed by atoms with Gasteiger partial charge in [-0.1, -0.05) is 140 Å². The Labute approximate surface area is 447 Å². The molecule has 2 fully saturated rings. The molecule has 69 heavy (non-hydrogen) atoms. The Morgan fingerprint density at radius 2 is 1.19 bits per heavy atom. The first-order valence-electron chi connectivity index (χ1n) is 25.5. The molecule has 4 atom stereocenters. The zero-order valence-electron chi connectivity index (χ0n) is 43.6. The molecule has 380 valence electrons. The number of hydrogen-bond donors (Lipinski definition) is 0. The second kappa shape index (κ2) is 26.3. The Balaban J connectivity index is 0.000000236. The lowest BCUT2D eigenvalue weighted by molar-refractivity contribution is 0.0482. The van der Waals surface area contributed by atoms with E-state index in [1.807, 2.05) is 68.1 Å². The molecule has 0 radical (unpaired) electrons. The molecule has 1 aromatic heterocycles. The second-order valence-corrected chi connectivity index (χ2v) is 35.9. The highest BCUT2D eigenvalue weighted by atomic mass is 127. The van der Waals surface area contributed by atoms with Crippen molar-refractivity contribution in [3.05, 3.63) is 128 Å². The summed E-state index contributed by atoms with van der Waals surface area (Å²) in [7, 11) is -7.85. The molecule has 3 aromatic carbocycles. The molecule has 2 saturated carbocycles. The van der Waals surface area contributed by atoms with Gasteiger partial charge in [-0.15, -0.1) is 0 Å². The van der Waals surface area contributed by atoms with Crippen molar-refractivity contribution in [1.29, 1.82) is 0 Å². The largest absolute Gasteiger partial charge is 0.414 e. The van der Waals surface area contributed by atoms with Gasteiger partial charge in [0.15, 0.2) is 16.6 Å². The summed E-state index contributed by atoms with van der Waals surface area (Å²) in [6.07, 6.45) is 26.5. The first-order chi connectivity index (χ1) is 32.5. The maximum Gasteiger partial charge on any atom is 0.297 e. The number of benzene rings is 3. The van der Waals surface area contributed by atoms with Crippen molar-refractivity contribution < 1.29 is 21.5 Å². The minimum Gasteiger partial charge on any atom is -0.414 e. The fourth-order valence-electron chi connectivity index (χ4n) is 9.01. The summed E-state index contributed by atoms with van der Waals surface area (Å²) in [6.45, 7) is 25.2. The smallest absolute Gasteiger partial charge is 0.297 e. The number of rotatable bonds is 16. The van der Waals surface area contributed by atoms with E-state index in [0.29, 0.717) is 24.4 Å². The number of aryl methyl sites for hydroxylation is 1. The minimum absolute atomic E-state index is 0.0367. The molecule has 3 aliphatic rings. The van der Waals surface area contributed by atoms with Crippen LogP contribution in [0.3, 0.4) is 0 Å². The number of allylic oxidation sites excluding steroid dienone is 1. The van der Waals surface area contributed by atoms with Crippen molar-refractivity contribution in [3.8, 4) is 0 Å². The maximum absolute atomic E-state index is 13.4. The Hall–Kier alpha value is -2.00. The monoisotopic (exact) mass is 1220 g/mol. The van der Waals surface area contributed by atoms with Crippen LogP contribution < -0.4 is 0 Å². The van der Waals surface area contributed by atoms with Gasteiger partial charge in [-0.25, -0.2) is 4.98 Å². The molecule has 4 aromatic rings. The predicted octanol–water partition coefficient (Wildman–Crippen LogP) is 16.8. The van der Waals surface area contributed by atoms with Crippen LogP contribution in [-0.4, -0.2) is 53.0 Å². The molecule has 2 aliphatic carbocycles. The Morgan fingerprint density at radius 3 is 1.61 bits per heavy atom. The number of nitrogens with zero attached hydrogens (tertiary/aromatic N) is 3. The highest BCUT2D eigenvalue weighted by Crippen LogP contribution is 2.45. The fourth-order valence-corrected chi connectivity index (χ4v) is 14.4. The van der Waals surface area contributed by atoms with Crippen LogP contribution in [0.5, 0.6) is 0 Å². The van der Waals surface area contributed by atoms with Crippen LogP contribution in [0.2, 0.25) is 36.3 Å². The van der Waals surface area contributed by atoms with Crippen molar-refractivity contribution in [2.45, 2.75) is 197 Å². The quantitative estimate of drug-likeness (QED) is 0.0630. The van der Waals surface area contributed by atoms with Crippen LogP contribution in [0.4, 0.5) is 0 Å². The van der Waals surface area contributed by atoms with Crippen LogP contribution >= 0.6 is 45.2 Å². The fraction of sp³-hybridized carbons (Fsp3) is 0.571. The van der Waals surface area contributed by atoms with Crippen molar-refractivity contribution in [3.63, 3.8) is 0 Å². The van der Waals surface area contributed by atoms with Crippen molar-refractivity contribution in [1.82, 2.24) is 9.55 Å². The van der Waals surface area contributed by atoms with E-state index in [2.05, 4.69) is 158 Å². The molecule has 2 heterocycles. The highest BCUT2D eigenvalue weighted by molar-refractivity contribution is 14.1. The SMILES string of the molecule is C1=CN=CC1.CC(C)(C)[Si](C)(C)O[C@H](C[C@@H](c1ccccc1I)n1ccnc1)C1CCCCC1.Cc1ccc(S(=O)(=O)O[C@H](C[C@@H](O[Si](C)(C)C(C)(C)C)C2CCCCC2)c2ccccc2I)cc1. The van der Waals surface area contributed by atoms with E-state index in [4.69, 9.17) is 13.0 Å². The maximum atomic E-state index is 13.4. The topological polar surface area (TPSA) is 92.0 Å². The van der Waals surface area contributed by atoms with Crippen LogP contribution in [0, 0.1) is 25.9 Å². The molecule has 0 amide bonds. The Morgan fingerprint density at radius 1 is 0.696 bits per heavy atom. The molecule has 1 aliphatic heterocycles. The number of hydrogen-bond acceptors (Lipinski definition) is 7. The van der Waals surface area contributed by atoms with E-state index in [1.54, 1.807) is 18.3 Å². The third-order valence-corrected chi connectivity index (χ3v) is 27.6. The summed E-state index contributed by atoms with van der Waals surface area (Å²) < 4.78 is 51.6. The minimum atomic E-state index is -3.94. The van der Waals surface area contributed by atoms with Gasteiger partial charge in [-0.3, -0.25) is 9.18 Å². The van der Waals surface area contributed by atoms with Gasteiger partial charge < -0.3 is 13.4 Å². The van der Waals surface area contributed by atoms with E-state index >= 15 is 0 Å². The van der Waals surface area contributed by atoms with E-state index in [0.717, 1.165) is 40.4 Å². The molecule has 0 spiro atoms. The molecule has 8 nitrogen and oxygen atoms in total. The van der Waals surface area contributed by atoms with Crippen LogP contribution in [0.15, 0.2) is 114 Å². The van der Waals surface area contributed by atoms with Gasteiger partial charge in [-0.05, 0) is 168 Å². The van der Waals surface area contributed by atoms with Crippen LogP contribution in [-0.2, 0) is 23.2 Å². The van der Waals surface area contributed by atoms with Crippen LogP contribution in [0.1, 0.15) is 154 Å². The lowest BCUT2D eigenvalue weighted by Gasteiger charge is -2.43. The van der Waals surface area contributed by atoms with Gasteiger partial charge in [0.1, 0.15) is 6.10 Å². The molecule has 13 heteroatoms. The molecule has 0 bridgehead atoms. The van der Waals surface area contributed by atoms with E-state index < -0.39 is 32.9 Å². The zero-order valence-corrected chi connectivity index (χ0v) is 50.7. The number of aromatic nitrogens is 2. The van der Waals surface area contributed by atoms with Gasteiger partial charge in [0.2, 0.25) is 0 Å². The predicted molar refractivity (Wildman–Crippen MR) is 310 cm³/mol. The van der Waals surface area contributed by atoms with Crippen LogP contribution in [0.25, 0.3) is 0 Å². The summed E-state index contributed by atoms with van der Waals surface area (Å²) >= 11 is 4.76. The summed E-state index contributed by atoms with van der Waals surface area (Å²) in [5.74, 6) is 1.10. The van der Waals surface area contributed by atoms with Gasteiger partial charge in [-0.2, -0.15) is 8.42 Å². The normalized spacial score (nSPS) is 18.1. The third kappa shape index (κ3) is 17.3. The van der Waals surface area contributed by atoms with Gasteiger partial charge in [0, 0.05) is 44.8 Å². The van der Waals surface area contributed by atoms with E-state index in [1.165, 1.54) is 60.5 Å². The first kappa shape index (κ1) is 57.9. The summed E-state index contributed by atoms with van der Waals surface area (Å²) in [6, 6.07) is 23.8. The molecule has 0 saturated heterocycles. The standard InChI is InChI=1S/C28H41IO4SSi.C24H37IN2OSi.C4H5N/c1-21-16-18-23(19-17-21)34(30,31)32-27(24-14-10-11-15-25(24)29)20-26(22-12-8-7-9-13-22)33-35(5,6)28(2,3)4;1-24(2,3)29(4,5)28-23(19-11-7-6-8-12-19)17-22(27-16-15-26-18-27)20-13-9-10-14-21(20)25;1-2-4-5-3-1/h10-11,14-19,22,26-27H,7-9,12-13,20H2,1-6H3;9-10,13-16,18-19,22-23H,6-8,11-12,17H2,1-5H3;1,3-4H,2H2/t26-,27-;22-,23+;/m10./s1. The average Bonchev–Trinajstić information content (AvgIpc) is 4.07. The Kier molecular flexibility index (Phi) is 22.1. The molecular formula is C56H83I2N3O5SSi2. The third-order valence-electron chi connectivity index (χ3n) is 15.2. The van der Waals surface area contributed by atoms with E-state index in [9.17, 15) is 8.42 Å². The molecule has 7 rings (SSSR count). The number of imidazole rings is 1. The van der Waals surface area contributed by atoms with Gasteiger partial charge >= 0.3 is 0 Å². The van der Waals surface area contributed by atoms with Crippen molar-refractivity contribution >= 4 is 78.1 Å².